The zero-order valence-corrected chi connectivity index (χ0v) is 11.5. The maximum atomic E-state index is 9.54. The van der Waals surface area contributed by atoms with Gasteiger partial charge in [0.15, 0.2) is 0 Å². The maximum Gasteiger partial charge on any atom is 0.0497 e. The number of H-pyrrole nitrogens is 1. The van der Waals surface area contributed by atoms with Crippen molar-refractivity contribution in [2.45, 2.75) is 26.3 Å². The molecule has 2 N–H and O–H groups in total. The van der Waals surface area contributed by atoms with Crippen molar-refractivity contribution < 1.29 is 5.11 Å². The van der Waals surface area contributed by atoms with Crippen LogP contribution in [0.15, 0.2) is 30.5 Å². The highest BCUT2D eigenvalue weighted by molar-refractivity contribution is 5.82. The fraction of sp³-hybridized carbons (Fsp3) is 0.500. The molecule has 1 saturated heterocycles. The van der Waals surface area contributed by atoms with Gasteiger partial charge in [-0.1, -0.05) is 19.1 Å². The molecule has 1 aliphatic heterocycles. The molecule has 0 spiro atoms. The molecule has 1 atom stereocenters. The normalized spacial score (nSPS) is 24.9. The zero-order valence-electron chi connectivity index (χ0n) is 11.5. The first kappa shape index (κ1) is 12.7. The van der Waals surface area contributed by atoms with E-state index in [0.717, 1.165) is 26.1 Å². The summed E-state index contributed by atoms with van der Waals surface area (Å²) in [6.07, 6.45) is 4.32. The second-order valence-electron chi connectivity index (χ2n) is 6.14. The first-order valence-corrected chi connectivity index (χ1v) is 7.08. The van der Waals surface area contributed by atoms with Crippen LogP contribution in [-0.4, -0.2) is 34.7 Å². The van der Waals surface area contributed by atoms with Crippen molar-refractivity contribution in [3.05, 3.63) is 36.0 Å². The number of benzene rings is 1. The minimum atomic E-state index is 0.0737. The van der Waals surface area contributed by atoms with Crippen molar-refractivity contribution in [3.63, 3.8) is 0 Å². The number of hydrogen-bond acceptors (Lipinski definition) is 2. The Labute approximate surface area is 114 Å². The van der Waals surface area contributed by atoms with E-state index < -0.39 is 0 Å². The summed E-state index contributed by atoms with van der Waals surface area (Å²) in [4.78, 5) is 5.74. The zero-order chi connectivity index (χ0) is 13.3. The maximum absolute atomic E-state index is 9.54. The SMILES string of the molecule is CC1(CO)CCCN(Cc2cccc3[nH]ccc23)C1. The molecule has 1 aromatic carbocycles. The summed E-state index contributed by atoms with van der Waals surface area (Å²) in [6, 6.07) is 8.59. The number of fused-ring (bicyclic) bond motifs is 1. The number of aliphatic hydroxyl groups is 1. The molecular weight excluding hydrogens is 236 g/mol. The first-order valence-electron chi connectivity index (χ1n) is 7.08. The number of hydrogen-bond donors (Lipinski definition) is 2. The van der Waals surface area contributed by atoms with Crippen molar-refractivity contribution in [1.82, 2.24) is 9.88 Å². The summed E-state index contributed by atoms with van der Waals surface area (Å²) in [5, 5.41) is 10.9. The van der Waals surface area contributed by atoms with E-state index in [0.29, 0.717) is 0 Å². The third-order valence-electron chi connectivity index (χ3n) is 4.32. The van der Waals surface area contributed by atoms with E-state index in [1.165, 1.54) is 22.9 Å². The minimum absolute atomic E-state index is 0.0737. The molecule has 0 bridgehead atoms. The number of rotatable bonds is 3. The van der Waals surface area contributed by atoms with Crippen molar-refractivity contribution >= 4 is 10.9 Å². The van der Waals surface area contributed by atoms with E-state index in [4.69, 9.17) is 0 Å². The third kappa shape index (κ3) is 2.53. The Bertz CT molecular complexity index is 563. The summed E-state index contributed by atoms with van der Waals surface area (Å²) < 4.78 is 0. The molecule has 0 amide bonds. The summed E-state index contributed by atoms with van der Waals surface area (Å²) in [5.74, 6) is 0. The number of nitrogens with zero attached hydrogens (tertiary/aromatic N) is 1. The number of nitrogens with one attached hydrogen (secondary N) is 1. The Balaban J connectivity index is 1.79. The summed E-state index contributed by atoms with van der Waals surface area (Å²) in [7, 11) is 0. The van der Waals surface area contributed by atoms with Crippen LogP contribution in [0, 0.1) is 5.41 Å². The average molecular weight is 258 g/mol. The summed E-state index contributed by atoms with van der Waals surface area (Å²) >= 11 is 0. The predicted octanol–water partition coefficient (Wildman–Crippen LogP) is 2.76. The molecule has 0 saturated carbocycles. The Kier molecular flexibility index (Phi) is 3.33. The largest absolute Gasteiger partial charge is 0.396 e. The molecule has 3 rings (SSSR count). The summed E-state index contributed by atoms with van der Waals surface area (Å²) in [5.41, 5.74) is 2.66. The van der Waals surface area contributed by atoms with Crippen LogP contribution in [0.5, 0.6) is 0 Å². The van der Waals surface area contributed by atoms with Crippen LogP contribution >= 0.6 is 0 Å². The third-order valence-corrected chi connectivity index (χ3v) is 4.32. The Hall–Kier alpha value is -1.32. The smallest absolute Gasteiger partial charge is 0.0497 e. The Morgan fingerprint density at radius 3 is 3.11 bits per heavy atom. The topological polar surface area (TPSA) is 39.3 Å². The van der Waals surface area contributed by atoms with E-state index in [-0.39, 0.29) is 12.0 Å². The van der Waals surface area contributed by atoms with Crippen molar-refractivity contribution in [2.75, 3.05) is 19.7 Å². The van der Waals surface area contributed by atoms with Crippen LogP contribution < -0.4 is 0 Å². The number of aromatic amines is 1. The van der Waals surface area contributed by atoms with Gasteiger partial charge in [-0.25, -0.2) is 0 Å². The van der Waals surface area contributed by atoms with Crippen molar-refractivity contribution in [1.29, 1.82) is 0 Å². The lowest BCUT2D eigenvalue weighted by Crippen LogP contribution is -2.43. The van der Waals surface area contributed by atoms with Crippen LogP contribution in [0.2, 0.25) is 0 Å². The molecular formula is C16H22N2O. The lowest BCUT2D eigenvalue weighted by Gasteiger charge is -2.39. The van der Waals surface area contributed by atoms with Gasteiger partial charge in [-0.2, -0.15) is 0 Å². The monoisotopic (exact) mass is 258 g/mol. The lowest BCUT2D eigenvalue weighted by atomic mass is 9.82. The molecule has 1 aromatic heterocycles. The van der Waals surface area contributed by atoms with Gasteiger partial charge in [0.2, 0.25) is 0 Å². The van der Waals surface area contributed by atoms with Gasteiger partial charge >= 0.3 is 0 Å². The standard InChI is InChI=1S/C16H22N2O/c1-16(12-19)7-3-9-18(11-16)10-13-4-2-5-15-14(13)6-8-17-15/h2,4-6,8,17,19H,3,7,9-12H2,1H3. The first-order chi connectivity index (χ1) is 9.20. The van der Waals surface area contributed by atoms with Gasteiger partial charge in [-0.05, 0) is 37.1 Å². The molecule has 1 unspecified atom stereocenters. The van der Waals surface area contributed by atoms with Gasteiger partial charge in [0, 0.05) is 42.2 Å². The highest BCUT2D eigenvalue weighted by Gasteiger charge is 2.30. The van der Waals surface area contributed by atoms with Gasteiger partial charge in [-0.3, -0.25) is 4.90 Å². The van der Waals surface area contributed by atoms with Crippen molar-refractivity contribution in [3.8, 4) is 0 Å². The minimum Gasteiger partial charge on any atom is -0.396 e. The van der Waals surface area contributed by atoms with Crippen LogP contribution in [0.25, 0.3) is 10.9 Å². The fourth-order valence-electron chi connectivity index (χ4n) is 3.22. The second kappa shape index (κ2) is 4.99. The van der Waals surface area contributed by atoms with Gasteiger partial charge in [0.1, 0.15) is 0 Å². The lowest BCUT2D eigenvalue weighted by molar-refractivity contribution is 0.0431. The van der Waals surface area contributed by atoms with Crippen LogP contribution in [0.1, 0.15) is 25.3 Å². The van der Waals surface area contributed by atoms with Crippen molar-refractivity contribution in [2.24, 2.45) is 5.41 Å². The van der Waals surface area contributed by atoms with Crippen LogP contribution in [0.3, 0.4) is 0 Å². The van der Waals surface area contributed by atoms with Gasteiger partial charge in [0.05, 0.1) is 0 Å². The Morgan fingerprint density at radius 1 is 1.37 bits per heavy atom. The number of aromatic nitrogens is 1. The quantitative estimate of drug-likeness (QED) is 0.888. The molecule has 0 aliphatic carbocycles. The molecule has 1 fully saturated rings. The summed E-state index contributed by atoms with van der Waals surface area (Å²) in [6.45, 7) is 5.58. The molecule has 3 heteroatoms. The van der Waals surface area contributed by atoms with Gasteiger partial charge < -0.3 is 10.1 Å². The fourth-order valence-corrected chi connectivity index (χ4v) is 3.22. The van der Waals surface area contributed by atoms with Crippen LogP contribution in [0.4, 0.5) is 0 Å². The highest BCUT2D eigenvalue weighted by Crippen LogP contribution is 2.30. The molecule has 2 heterocycles. The molecule has 102 valence electrons. The average Bonchev–Trinajstić information content (AvgIpc) is 2.88. The van der Waals surface area contributed by atoms with E-state index in [1.807, 2.05) is 6.20 Å². The molecule has 19 heavy (non-hydrogen) atoms. The Morgan fingerprint density at radius 2 is 2.26 bits per heavy atom. The van der Waals surface area contributed by atoms with Gasteiger partial charge in [-0.15, -0.1) is 0 Å². The molecule has 0 radical (unpaired) electrons. The number of likely N-dealkylation sites (tertiary alicyclic amines) is 1. The molecule has 3 nitrogen and oxygen atoms in total. The van der Waals surface area contributed by atoms with Crippen LogP contribution in [-0.2, 0) is 6.54 Å². The molecule has 2 aromatic rings. The second-order valence-corrected chi connectivity index (χ2v) is 6.14. The molecule has 1 aliphatic rings. The van der Waals surface area contributed by atoms with E-state index in [9.17, 15) is 5.11 Å². The number of aliphatic hydroxyl groups excluding tert-OH is 1. The highest BCUT2D eigenvalue weighted by atomic mass is 16.3. The van der Waals surface area contributed by atoms with E-state index in [2.05, 4.69) is 41.1 Å². The number of piperidine rings is 1. The van der Waals surface area contributed by atoms with Gasteiger partial charge in [0.25, 0.3) is 0 Å². The van der Waals surface area contributed by atoms with E-state index in [1.54, 1.807) is 0 Å². The van der Waals surface area contributed by atoms with E-state index >= 15 is 0 Å². The predicted molar refractivity (Wildman–Crippen MR) is 78.0 cm³/mol.